The minimum Gasteiger partial charge on any atom is -0.462 e. The highest BCUT2D eigenvalue weighted by Crippen LogP contribution is 2.32. The van der Waals surface area contributed by atoms with Crippen molar-refractivity contribution in [3.8, 4) is 5.75 Å². The van der Waals surface area contributed by atoms with Gasteiger partial charge in [0.1, 0.15) is 17.1 Å². The van der Waals surface area contributed by atoms with Crippen LogP contribution in [0.3, 0.4) is 0 Å². The van der Waals surface area contributed by atoms with Gasteiger partial charge in [0.25, 0.3) is 0 Å². The van der Waals surface area contributed by atoms with Crippen molar-refractivity contribution >= 4 is 23.4 Å². The third kappa shape index (κ3) is 5.02. The molecule has 1 N–H and O–H groups in total. The predicted molar refractivity (Wildman–Crippen MR) is 101 cm³/mol. The molecule has 0 atom stereocenters. The van der Waals surface area contributed by atoms with Gasteiger partial charge in [0.15, 0.2) is 0 Å². The number of hydrogen-bond donors (Lipinski definition) is 1. The molecule has 0 aliphatic carbocycles. The van der Waals surface area contributed by atoms with Crippen LogP contribution in [0.1, 0.15) is 29.3 Å². The summed E-state index contributed by atoms with van der Waals surface area (Å²) in [6.07, 6.45) is -2.19. The molecule has 0 unspecified atom stereocenters. The average Bonchev–Trinajstić information content (AvgIpc) is 3.01. The molecule has 0 fully saturated rings. The highest BCUT2D eigenvalue weighted by molar-refractivity contribution is 6.01. The van der Waals surface area contributed by atoms with Crippen molar-refractivity contribution < 1.29 is 32.2 Å². The van der Waals surface area contributed by atoms with E-state index in [1.807, 2.05) is 0 Å². The Morgan fingerprint density at radius 1 is 1.30 bits per heavy atom. The summed E-state index contributed by atoms with van der Waals surface area (Å²) < 4.78 is 47.6. The van der Waals surface area contributed by atoms with Crippen molar-refractivity contribution in [1.82, 2.24) is 9.78 Å². The molecule has 11 heteroatoms. The Morgan fingerprint density at radius 3 is 2.77 bits per heavy atom. The minimum atomic E-state index is -4.76. The van der Waals surface area contributed by atoms with Crippen LogP contribution in [0.2, 0.25) is 0 Å². The van der Waals surface area contributed by atoms with Gasteiger partial charge in [-0.2, -0.15) is 5.10 Å². The number of nitrogens with zero attached hydrogens (tertiary/aromatic N) is 3. The van der Waals surface area contributed by atoms with Gasteiger partial charge in [-0.05, 0) is 43.5 Å². The highest BCUT2D eigenvalue weighted by atomic mass is 19.4. The van der Waals surface area contributed by atoms with E-state index in [2.05, 4.69) is 15.2 Å². The molecule has 8 nitrogen and oxygen atoms in total. The number of rotatable bonds is 6. The Hall–Kier alpha value is -3.24. The monoisotopic (exact) mass is 426 g/mol. The summed E-state index contributed by atoms with van der Waals surface area (Å²) in [7, 11) is 1.58. The van der Waals surface area contributed by atoms with Crippen molar-refractivity contribution in [2.45, 2.75) is 26.1 Å². The molecule has 0 saturated heterocycles. The number of carbonyl (C=O) groups excluding carboxylic acids is 2. The maximum atomic E-state index is 12.6. The summed E-state index contributed by atoms with van der Waals surface area (Å²) in [5.74, 6) is -1.07. The van der Waals surface area contributed by atoms with Gasteiger partial charge in [0.05, 0.1) is 19.3 Å². The van der Waals surface area contributed by atoms with Crippen LogP contribution in [-0.4, -0.2) is 47.7 Å². The van der Waals surface area contributed by atoms with E-state index < -0.39 is 18.2 Å². The summed E-state index contributed by atoms with van der Waals surface area (Å²) in [5.41, 5.74) is 1.48. The number of esters is 1. The molecule has 2 aromatic rings. The maximum absolute atomic E-state index is 12.6. The topological polar surface area (TPSA) is 85.7 Å². The van der Waals surface area contributed by atoms with E-state index in [-0.39, 0.29) is 30.3 Å². The Morgan fingerprint density at radius 2 is 2.07 bits per heavy atom. The number of benzene rings is 1. The lowest BCUT2D eigenvalue weighted by Gasteiger charge is -2.31. The van der Waals surface area contributed by atoms with E-state index in [0.29, 0.717) is 30.6 Å². The van der Waals surface area contributed by atoms with Gasteiger partial charge in [0.2, 0.25) is 5.91 Å². The second-order valence-electron chi connectivity index (χ2n) is 6.66. The van der Waals surface area contributed by atoms with Crippen LogP contribution in [-0.2, 0) is 23.0 Å². The van der Waals surface area contributed by atoms with Crippen LogP contribution in [0.4, 0.5) is 24.7 Å². The molecule has 0 bridgehead atoms. The summed E-state index contributed by atoms with van der Waals surface area (Å²) >= 11 is 0. The van der Waals surface area contributed by atoms with Gasteiger partial charge in [-0.15, -0.1) is 13.2 Å². The van der Waals surface area contributed by atoms with E-state index in [4.69, 9.17) is 4.74 Å². The minimum absolute atomic E-state index is 0.0417. The van der Waals surface area contributed by atoms with Gasteiger partial charge in [-0.1, -0.05) is 0 Å². The lowest BCUT2D eigenvalue weighted by atomic mass is 10.0. The molecule has 0 saturated carbocycles. The Bertz CT molecular complexity index is 942. The third-order valence-electron chi connectivity index (χ3n) is 4.53. The number of aryl methyl sites for hydroxylation is 2. The molecule has 0 radical (unpaired) electrons. The smallest absolute Gasteiger partial charge is 0.462 e. The average molecular weight is 426 g/mol. The first-order chi connectivity index (χ1) is 14.2. The molecule has 162 valence electrons. The number of nitrogens with one attached hydrogen (secondary N) is 1. The number of carbonyl (C=O) groups is 2. The number of aromatic nitrogens is 2. The quantitative estimate of drug-likeness (QED) is 0.715. The SMILES string of the molecule is CCOC(=O)c1cnn(C)c1NC(=O)CN1CCCc2cc(OC(F)(F)F)ccc21. The second-order valence-corrected chi connectivity index (χ2v) is 6.66. The second kappa shape index (κ2) is 8.64. The molecular formula is C19H21F3N4O4. The standard InChI is InChI=1S/C19H21F3N4O4/c1-3-29-18(28)14-10-23-25(2)17(14)24-16(27)11-26-8-4-5-12-9-13(6-7-15(12)26)30-19(20,21)22/h6-7,9-10H,3-5,8,11H2,1-2H3,(H,24,27). The van der Waals surface area contributed by atoms with Crippen LogP contribution in [0.5, 0.6) is 5.75 Å². The van der Waals surface area contributed by atoms with Crippen molar-refractivity contribution in [2.24, 2.45) is 7.05 Å². The largest absolute Gasteiger partial charge is 0.573 e. The van der Waals surface area contributed by atoms with E-state index in [0.717, 1.165) is 0 Å². The van der Waals surface area contributed by atoms with E-state index in [1.165, 1.54) is 29.1 Å². The Labute approximate surface area is 170 Å². The zero-order valence-corrected chi connectivity index (χ0v) is 16.5. The molecule has 1 aliphatic heterocycles. The van der Waals surface area contributed by atoms with Gasteiger partial charge < -0.3 is 19.7 Å². The van der Waals surface area contributed by atoms with Gasteiger partial charge in [0, 0.05) is 19.3 Å². The van der Waals surface area contributed by atoms with Crippen molar-refractivity contribution in [3.05, 3.63) is 35.5 Å². The predicted octanol–water partition coefficient (Wildman–Crippen LogP) is 2.89. The number of hydrogen-bond acceptors (Lipinski definition) is 6. The van der Waals surface area contributed by atoms with Crippen LogP contribution >= 0.6 is 0 Å². The van der Waals surface area contributed by atoms with Crippen LogP contribution in [0.15, 0.2) is 24.4 Å². The number of fused-ring (bicyclic) bond motifs is 1. The fourth-order valence-corrected chi connectivity index (χ4v) is 3.30. The van der Waals surface area contributed by atoms with Crippen molar-refractivity contribution in [2.75, 3.05) is 29.9 Å². The zero-order valence-electron chi connectivity index (χ0n) is 16.5. The van der Waals surface area contributed by atoms with Crippen LogP contribution in [0, 0.1) is 0 Å². The lowest BCUT2D eigenvalue weighted by molar-refractivity contribution is -0.274. The molecule has 30 heavy (non-hydrogen) atoms. The number of alkyl halides is 3. The van der Waals surface area contributed by atoms with Crippen molar-refractivity contribution in [1.29, 1.82) is 0 Å². The number of amides is 1. The normalized spacial score (nSPS) is 13.6. The fraction of sp³-hybridized carbons (Fsp3) is 0.421. The number of anilines is 2. The van der Waals surface area contributed by atoms with Crippen molar-refractivity contribution in [3.63, 3.8) is 0 Å². The number of halogens is 3. The zero-order chi connectivity index (χ0) is 21.9. The Balaban J connectivity index is 1.72. The molecule has 1 aliphatic rings. The maximum Gasteiger partial charge on any atom is 0.573 e. The lowest BCUT2D eigenvalue weighted by Crippen LogP contribution is -2.37. The van der Waals surface area contributed by atoms with E-state index >= 15 is 0 Å². The van der Waals surface area contributed by atoms with Crippen LogP contribution < -0.4 is 15.0 Å². The van der Waals surface area contributed by atoms with Gasteiger partial charge in [-0.3, -0.25) is 9.48 Å². The summed E-state index contributed by atoms with van der Waals surface area (Å²) in [6.45, 7) is 2.38. The molecule has 1 aromatic carbocycles. The summed E-state index contributed by atoms with van der Waals surface area (Å²) in [4.78, 5) is 26.4. The third-order valence-corrected chi connectivity index (χ3v) is 4.53. The van der Waals surface area contributed by atoms with Gasteiger partial charge >= 0.3 is 12.3 Å². The molecular weight excluding hydrogens is 405 g/mol. The molecule has 2 heterocycles. The summed E-state index contributed by atoms with van der Waals surface area (Å²) in [6, 6.07) is 4.08. The summed E-state index contributed by atoms with van der Waals surface area (Å²) in [5, 5.41) is 6.64. The molecule has 3 rings (SSSR count). The first kappa shape index (κ1) is 21.5. The molecule has 0 spiro atoms. The highest BCUT2D eigenvalue weighted by Gasteiger charge is 2.32. The van der Waals surface area contributed by atoms with E-state index in [1.54, 1.807) is 18.9 Å². The van der Waals surface area contributed by atoms with Crippen LogP contribution in [0.25, 0.3) is 0 Å². The first-order valence-corrected chi connectivity index (χ1v) is 9.30. The molecule has 1 amide bonds. The van der Waals surface area contributed by atoms with E-state index in [9.17, 15) is 22.8 Å². The van der Waals surface area contributed by atoms with Gasteiger partial charge in [-0.25, -0.2) is 4.79 Å². The fourth-order valence-electron chi connectivity index (χ4n) is 3.30. The Kier molecular flexibility index (Phi) is 6.18. The number of ether oxygens (including phenoxy) is 2. The molecule has 1 aromatic heterocycles. The first-order valence-electron chi connectivity index (χ1n) is 9.30.